The van der Waals surface area contributed by atoms with Crippen molar-refractivity contribution in [2.24, 2.45) is 4.99 Å². The molecule has 0 atom stereocenters. The van der Waals surface area contributed by atoms with Crippen molar-refractivity contribution in [1.82, 2.24) is 10.2 Å². The number of nitrogens with one attached hydrogen (secondary N) is 1. The van der Waals surface area contributed by atoms with Gasteiger partial charge in [-0.15, -0.1) is 24.0 Å². The van der Waals surface area contributed by atoms with Gasteiger partial charge in [-0.1, -0.05) is 15.9 Å². The second kappa shape index (κ2) is 7.18. The summed E-state index contributed by atoms with van der Waals surface area (Å²) in [4.78, 5) is 6.50. The van der Waals surface area contributed by atoms with Gasteiger partial charge in [0.25, 0.3) is 0 Å². The van der Waals surface area contributed by atoms with Gasteiger partial charge >= 0.3 is 0 Å². The highest BCUT2D eigenvalue weighted by molar-refractivity contribution is 14.0. The molecule has 1 heterocycles. The Labute approximate surface area is 133 Å². The number of ether oxygens (including phenoxy) is 1. The van der Waals surface area contributed by atoms with Crippen LogP contribution in [-0.2, 0) is 6.54 Å². The molecule has 1 aromatic carbocycles. The summed E-state index contributed by atoms with van der Waals surface area (Å²) in [5, 5.41) is 3.32. The smallest absolute Gasteiger partial charge is 0.194 e. The lowest BCUT2D eigenvalue weighted by Crippen LogP contribution is -2.35. The SMILES string of the molecule is COc1ccc(Br)cc1CNC1=NCCN1C.I. The maximum Gasteiger partial charge on any atom is 0.194 e. The minimum Gasteiger partial charge on any atom is -0.496 e. The van der Waals surface area contributed by atoms with Crippen molar-refractivity contribution >= 4 is 45.9 Å². The average molecular weight is 426 g/mol. The largest absolute Gasteiger partial charge is 0.496 e. The minimum atomic E-state index is 0. The van der Waals surface area contributed by atoms with E-state index in [1.165, 1.54) is 0 Å². The predicted molar refractivity (Wildman–Crippen MR) is 87.9 cm³/mol. The topological polar surface area (TPSA) is 36.9 Å². The van der Waals surface area contributed by atoms with E-state index in [4.69, 9.17) is 4.74 Å². The van der Waals surface area contributed by atoms with Crippen LogP contribution in [0.25, 0.3) is 0 Å². The molecule has 0 amide bonds. The lowest BCUT2D eigenvalue weighted by Gasteiger charge is -2.16. The van der Waals surface area contributed by atoms with Gasteiger partial charge in [0.1, 0.15) is 5.75 Å². The Morgan fingerprint density at radius 1 is 1.50 bits per heavy atom. The number of aliphatic imine (C=N–C) groups is 1. The van der Waals surface area contributed by atoms with Gasteiger partial charge < -0.3 is 15.0 Å². The van der Waals surface area contributed by atoms with Crippen molar-refractivity contribution < 1.29 is 4.74 Å². The monoisotopic (exact) mass is 425 g/mol. The molecule has 0 radical (unpaired) electrons. The van der Waals surface area contributed by atoms with Crippen molar-refractivity contribution in [2.75, 3.05) is 27.2 Å². The molecule has 6 heteroatoms. The highest BCUT2D eigenvalue weighted by Crippen LogP contribution is 2.22. The number of guanidine groups is 1. The summed E-state index contributed by atoms with van der Waals surface area (Å²) < 4.78 is 6.38. The van der Waals surface area contributed by atoms with Gasteiger partial charge in [0, 0.05) is 30.2 Å². The normalized spacial score (nSPS) is 13.9. The molecule has 0 saturated carbocycles. The molecule has 100 valence electrons. The van der Waals surface area contributed by atoms with Crippen LogP contribution in [0.1, 0.15) is 5.56 Å². The predicted octanol–water partition coefficient (Wildman–Crippen LogP) is 2.47. The highest BCUT2D eigenvalue weighted by Gasteiger charge is 2.12. The molecule has 1 aromatic rings. The van der Waals surface area contributed by atoms with Gasteiger partial charge in [-0.2, -0.15) is 0 Å². The van der Waals surface area contributed by atoms with Crippen molar-refractivity contribution in [3.8, 4) is 5.75 Å². The number of benzene rings is 1. The zero-order valence-corrected chi connectivity index (χ0v) is 14.4. The molecule has 18 heavy (non-hydrogen) atoms. The van der Waals surface area contributed by atoms with Crippen molar-refractivity contribution in [3.63, 3.8) is 0 Å². The third-order valence-electron chi connectivity index (χ3n) is 2.74. The molecule has 2 rings (SSSR count). The first-order chi connectivity index (χ1) is 8.20. The van der Waals surface area contributed by atoms with Gasteiger partial charge in [-0.05, 0) is 18.2 Å². The molecule has 0 bridgehead atoms. The number of rotatable bonds is 3. The summed E-state index contributed by atoms with van der Waals surface area (Å²) in [6.07, 6.45) is 0. The summed E-state index contributed by atoms with van der Waals surface area (Å²) >= 11 is 3.47. The molecule has 0 fully saturated rings. The number of methoxy groups -OCH3 is 1. The van der Waals surface area contributed by atoms with E-state index >= 15 is 0 Å². The maximum absolute atomic E-state index is 5.33. The zero-order chi connectivity index (χ0) is 12.3. The van der Waals surface area contributed by atoms with E-state index in [1.54, 1.807) is 7.11 Å². The quantitative estimate of drug-likeness (QED) is 0.756. The number of hydrogen-bond donors (Lipinski definition) is 1. The van der Waals surface area contributed by atoms with Crippen LogP contribution >= 0.6 is 39.9 Å². The second-order valence-electron chi connectivity index (χ2n) is 3.94. The van der Waals surface area contributed by atoms with E-state index in [2.05, 4.69) is 37.2 Å². The Morgan fingerprint density at radius 2 is 2.28 bits per heavy atom. The Bertz CT molecular complexity index is 439. The highest BCUT2D eigenvalue weighted by atomic mass is 127. The first-order valence-corrected chi connectivity index (χ1v) is 6.32. The molecule has 4 nitrogen and oxygen atoms in total. The Morgan fingerprint density at radius 3 is 2.89 bits per heavy atom. The fraction of sp³-hybridized carbons (Fsp3) is 0.417. The molecular weight excluding hydrogens is 409 g/mol. The van der Waals surface area contributed by atoms with Crippen LogP contribution in [-0.4, -0.2) is 38.1 Å². The molecule has 1 aliphatic heterocycles. The fourth-order valence-corrected chi connectivity index (χ4v) is 2.19. The van der Waals surface area contributed by atoms with Crippen LogP contribution in [0.3, 0.4) is 0 Å². The van der Waals surface area contributed by atoms with Crippen LogP contribution in [0.2, 0.25) is 0 Å². The van der Waals surface area contributed by atoms with Crippen LogP contribution in [0.5, 0.6) is 5.75 Å². The molecule has 0 unspecified atom stereocenters. The Hall–Kier alpha value is -0.500. The number of halogens is 2. The number of hydrogen-bond acceptors (Lipinski definition) is 4. The third-order valence-corrected chi connectivity index (χ3v) is 3.23. The Balaban J connectivity index is 0.00000162. The number of nitrogens with zero attached hydrogens (tertiary/aromatic N) is 2. The summed E-state index contributed by atoms with van der Waals surface area (Å²) in [5.74, 6) is 1.84. The summed E-state index contributed by atoms with van der Waals surface area (Å²) in [7, 11) is 3.73. The summed E-state index contributed by atoms with van der Waals surface area (Å²) in [6.45, 7) is 2.57. The van der Waals surface area contributed by atoms with Gasteiger partial charge in [-0.25, -0.2) is 0 Å². The zero-order valence-electron chi connectivity index (χ0n) is 10.4. The molecule has 0 aromatic heterocycles. The third kappa shape index (κ3) is 3.74. The summed E-state index contributed by atoms with van der Waals surface area (Å²) in [5.41, 5.74) is 1.12. The van der Waals surface area contributed by atoms with Gasteiger partial charge in [-0.3, -0.25) is 4.99 Å². The van der Waals surface area contributed by atoms with Crippen molar-refractivity contribution in [1.29, 1.82) is 0 Å². The van der Waals surface area contributed by atoms with Gasteiger partial charge in [0.15, 0.2) is 5.96 Å². The Kier molecular flexibility index (Phi) is 6.20. The maximum atomic E-state index is 5.33. The van der Waals surface area contributed by atoms with E-state index in [0.717, 1.165) is 34.8 Å². The molecule has 0 aliphatic carbocycles. The van der Waals surface area contributed by atoms with E-state index < -0.39 is 0 Å². The van der Waals surface area contributed by atoms with Crippen LogP contribution in [0, 0.1) is 0 Å². The second-order valence-corrected chi connectivity index (χ2v) is 4.85. The lowest BCUT2D eigenvalue weighted by atomic mass is 10.2. The van der Waals surface area contributed by atoms with E-state index in [9.17, 15) is 0 Å². The van der Waals surface area contributed by atoms with E-state index in [1.807, 2.05) is 19.2 Å². The first kappa shape index (κ1) is 15.6. The van der Waals surface area contributed by atoms with Crippen molar-refractivity contribution in [2.45, 2.75) is 6.54 Å². The van der Waals surface area contributed by atoms with Crippen molar-refractivity contribution in [3.05, 3.63) is 28.2 Å². The standard InChI is InChI=1S/C12H16BrN3O.HI/c1-16-6-5-14-12(16)15-8-9-7-10(13)3-4-11(9)17-2;/h3-4,7H,5-6,8H2,1-2H3,(H,14,15);1H. The lowest BCUT2D eigenvalue weighted by molar-refractivity contribution is 0.408. The molecule has 1 N–H and O–H groups in total. The van der Waals surface area contributed by atoms with Gasteiger partial charge in [0.05, 0.1) is 13.7 Å². The van der Waals surface area contributed by atoms with Crippen LogP contribution in [0.15, 0.2) is 27.7 Å². The molecule has 0 saturated heterocycles. The average Bonchev–Trinajstić information content (AvgIpc) is 2.72. The summed E-state index contributed by atoms with van der Waals surface area (Å²) in [6, 6.07) is 5.99. The van der Waals surface area contributed by atoms with E-state index in [-0.39, 0.29) is 24.0 Å². The van der Waals surface area contributed by atoms with Crippen LogP contribution in [0.4, 0.5) is 0 Å². The minimum absolute atomic E-state index is 0. The van der Waals surface area contributed by atoms with E-state index in [0.29, 0.717) is 6.54 Å². The molecule has 1 aliphatic rings. The molecular formula is C12H17BrIN3O. The van der Waals surface area contributed by atoms with Gasteiger partial charge in [0.2, 0.25) is 0 Å². The fourth-order valence-electron chi connectivity index (χ4n) is 1.78. The number of likely N-dealkylation sites (N-methyl/N-ethyl adjacent to an activating group) is 1. The first-order valence-electron chi connectivity index (χ1n) is 5.52. The molecule has 0 spiro atoms. The van der Waals surface area contributed by atoms with Crippen LogP contribution < -0.4 is 10.1 Å².